The number of amides is 1. The predicted molar refractivity (Wildman–Crippen MR) is 91.1 cm³/mol. The summed E-state index contributed by atoms with van der Waals surface area (Å²) in [6.07, 6.45) is -0.541. The number of halogens is 3. The van der Waals surface area contributed by atoms with Crippen molar-refractivity contribution in [1.82, 2.24) is 5.32 Å². The van der Waals surface area contributed by atoms with Crippen molar-refractivity contribution < 1.29 is 32.2 Å². The van der Waals surface area contributed by atoms with Gasteiger partial charge in [0.1, 0.15) is 11.6 Å². The first kappa shape index (κ1) is 20.3. The van der Waals surface area contributed by atoms with Gasteiger partial charge in [0, 0.05) is 6.54 Å². The minimum atomic E-state index is -2.96. The van der Waals surface area contributed by atoms with Crippen LogP contribution >= 0.6 is 0 Å². The van der Waals surface area contributed by atoms with Gasteiger partial charge in [-0.25, -0.2) is 9.18 Å². The summed E-state index contributed by atoms with van der Waals surface area (Å²) in [6.45, 7) is -1.24. The highest BCUT2D eigenvalue weighted by Gasteiger charge is 2.18. The molecule has 0 spiro atoms. The van der Waals surface area contributed by atoms with Crippen molar-refractivity contribution in [2.24, 2.45) is 0 Å². The van der Waals surface area contributed by atoms with Gasteiger partial charge in [-0.3, -0.25) is 4.79 Å². The number of carbonyl (C=O) groups excluding carboxylic acids is 2. The molecule has 0 bridgehead atoms. The maximum absolute atomic E-state index is 12.8. The molecule has 2 rings (SSSR count). The molecule has 0 fully saturated rings. The van der Waals surface area contributed by atoms with Crippen molar-refractivity contribution in [2.45, 2.75) is 26.1 Å². The molecule has 1 atom stereocenters. The Hall–Kier alpha value is -3.03. The Kier molecular flexibility index (Phi) is 7.22. The first-order chi connectivity index (χ1) is 12.8. The van der Waals surface area contributed by atoms with Crippen LogP contribution in [-0.4, -0.2) is 31.1 Å². The van der Waals surface area contributed by atoms with E-state index in [0.29, 0.717) is 13.0 Å². The lowest BCUT2D eigenvalue weighted by atomic mass is 10.1. The van der Waals surface area contributed by atoms with E-state index in [0.717, 1.165) is 5.56 Å². The number of benzene rings is 2. The van der Waals surface area contributed by atoms with Gasteiger partial charge in [0.2, 0.25) is 0 Å². The lowest BCUT2D eigenvalue weighted by molar-refractivity contribution is -0.129. The monoisotopic (exact) mass is 381 g/mol. The maximum atomic E-state index is 12.8. The normalized spacial score (nSPS) is 11.7. The Morgan fingerprint density at radius 3 is 2.26 bits per heavy atom. The Bertz CT molecular complexity index is 764. The molecule has 8 heteroatoms. The van der Waals surface area contributed by atoms with E-state index >= 15 is 0 Å². The van der Waals surface area contributed by atoms with Crippen molar-refractivity contribution in [3.05, 3.63) is 65.5 Å². The molecule has 0 unspecified atom stereocenters. The zero-order valence-electron chi connectivity index (χ0n) is 14.5. The van der Waals surface area contributed by atoms with E-state index in [9.17, 15) is 22.8 Å². The minimum absolute atomic E-state index is 0.0897. The Morgan fingerprint density at radius 1 is 1.04 bits per heavy atom. The second-order valence-electron chi connectivity index (χ2n) is 5.62. The SMILES string of the molecule is C[C@@H](OC(=O)c1ccc(OC(F)F)cc1)C(=O)NCCc1ccc(F)cc1. The molecule has 2 aromatic carbocycles. The van der Waals surface area contributed by atoms with Gasteiger partial charge < -0.3 is 14.8 Å². The van der Waals surface area contributed by atoms with E-state index in [2.05, 4.69) is 10.1 Å². The largest absolute Gasteiger partial charge is 0.449 e. The molecule has 0 aliphatic rings. The van der Waals surface area contributed by atoms with E-state index in [1.54, 1.807) is 12.1 Å². The molecule has 0 radical (unpaired) electrons. The summed E-state index contributed by atoms with van der Waals surface area (Å²) in [4.78, 5) is 24.0. The van der Waals surface area contributed by atoms with Crippen LogP contribution in [0.2, 0.25) is 0 Å². The average Bonchev–Trinajstić information content (AvgIpc) is 2.63. The smallest absolute Gasteiger partial charge is 0.387 e. The number of rotatable bonds is 8. The van der Waals surface area contributed by atoms with E-state index in [1.807, 2.05) is 0 Å². The molecule has 27 heavy (non-hydrogen) atoms. The number of ether oxygens (including phenoxy) is 2. The molecule has 0 heterocycles. The van der Waals surface area contributed by atoms with Gasteiger partial charge in [-0.15, -0.1) is 0 Å². The van der Waals surface area contributed by atoms with Crippen molar-refractivity contribution in [3.63, 3.8) is 0 Å². The zero-order valence-corrected chi connectivity index (χ0v) is 14.5. The highest BCUT2D eigenvalue weighted by Crippen LogP contribution is 2.16. The Balaban J connectivity index is 1.79. The van der Waals surface area contributed by atoms with Crippen LogP contribution in [0.3, 0.4) is 0 Å². The van der Waals surface area contributed by atoms with Gasteiger partial charge in [-0.1, -0.05) is 12.1 Å². The molecular formula is C19H18F3NO4. The number of hydrogen-bond acceptors (Lipinski definition) is 4. The summed E-state index contributed by atoms with van der Waals surface area (Å²) in [5.74, 6) is -1.67. The van der Waals surface area contributed by atoms with Crippen LogP contribution in [-0.2, 0) is 16.0 Å². The Morgan fingerprint density at radius 2 is 1.67 bits per heavy atom. The summed E-state index contributed by atoms with van der Waals surface area (Å²) >= 11 is 0. The van der Waals surface area contributed by atoms with Crippen molar-refractivity contribution in [3.8, 4) is 5.75 Å². The molecule has 0 saturated carbocycles. The lowest BCUT2D eigenvalue weighted by Gasteiger charge is -2.14. The van der Waals surface area contributed by atoms with Gasteiger partial charge in [-0.2, -0.15) is 8.78 Å². The second kappa shape index (κ2) is 9.61. The summed E-state index contributed by atoms with van der Waals surface area (Å²) in [5, 5.41) is 2.62. The first-order valence-corrected chi connectivity index (χ1v) is 8.13. The molecule has 0 saturated heterocycles. The minimum Gasteiger partial charge on any atom is -0.449 e. The summed E-state index contributed by atoms with van der Waals surface area (Å²) < 4.78 is 46.2. The molecular weight excluding hydrogens is 363 g/mol. The first-order valence-electron chi connectivity index (χ1n) is 8.13. The van der Waals surface area contributed by atoms with Crippen molar-refractivity contribution in [1.29, 1.82) is 0 Å². The molecule has 144 valence electrons. The van der Waals surface area contributed by atoms with Gasteiger partial charge in [0.25, 0.3) is 5.91 Å². The second-order valence-corrected chi connectivity index (χ2v) is 5.62. The third-order valence-corrected chi connectivity index (χ3v) is 3.59. The molecule has 5 nitrogen and oxygen atoms in total. The van der Waals surface area contributed by atoms with Crippen LogP contribution in [0, 0.1) is 5.82 Å². The number of carbonyl (C=O) groups is 2. The fraction of sp³-hybridized carbons (Fsp3) is 0.263. The quantitative estimate of drug-likeness (QED) is 0.713. The van der Waals surface area contributed by atoms with Gasteiger partial charge >= 0.3 is 12.6 Å². The van der Waals surface area contributed by atoms with Crippen LogP contribution in [0.1, 0.15) is 22.8 Å². The standard InChI is InChI=1S/C19H18F3NO4/c1-12(17(24)23-11-10-13-2-6-15(20)7-3-13)26-18(25)14-4-8-16(9-5-14)27-19(21)22/h2-9,12,19H,10-11H2,1H3,(H,23,24)/t12-/m1/s1. The van der Waals surface area contributed by atoms with E-state index in [-0.39, 0.29) is 17.1 Å². The summed E-state index contributed by atoms with van der Waals surface area (Å²) in [7, 11) is 0. The highest BCUT2D eigenvalue weighted by molar-refractivity contribution is 5.92. The highest BCUT2D eigenvalue weighted by atomic mass is 19.3. The molecule has 0 aliphatic heterocycles. The number of nitrogens with one attached hydrogen (secondary N) is 1. The third kappa shape index (κ3) is 6.65. The number of hydrogen-bond donors (Lipinski definition) is 1. The molecule has 0 aliphatic carbocycles. The van der Waals surface area contributed by atoms with E-state index in [4.69, 9.17) is 4.74 Å². The zero-order chi connectivity index (χ0) is 19.8. The molecule has 1 amide bonds. The van der Waals surface area contributed by atoms with Crippen LogP contribution in [0.15, 0.2) is 48.5 Å². The van der Waals surface area contributed by atoms with E-state index < -0.39 is 24.6 Å². The van der Waals surface area contributed by atoms with E-state index in [1.165, 1.54) is 43.3 Å². The molecule has 0 aromatic heterocycles. The topological polar surface area (TPSA) is 64.6 Å². The summed E-state index contributed by atoms with van der Waals surface area (Å²) in [5.41, 5.74) is 0.954. The number of esters is 1. The van der Waals surface area contributed by atoms with Crippen LogP contribution in [0.4, 0.5) is 13.2 Å². The molecule has 1 N–H and O–H groups in total. The Labute approximate surface area is 154 Å². The fourth-order valence-electron chi connectivity index (χ4n) is 2.18. The lowest BCUT2D eigenvalue weighted by Crippen LogP contribution is -2.36. The van der Waals surface area contributed by atoms with Gasteiger partial charge in [-0.05, 0) is 55.3 Å². The maximum Gasteiger partial charge on any atom is 0.387 e. The van der Waals surface area contributed by atoms with Crippen molar-refractivity contribution in [2.75, 3.05) is 6.54 Å². The predicted octanol–water partition coefficient (Wildman–Crippen LogP) is 3.33. The third-order valence-electron chi connectivity index (χ3n) is 3.59. The van der Waals surface area contributed by atoms with Crippen molar-refractivity contribution >= 4 is 11.9 Å². The molecule has 2 aromatic rings. The van der Waals surface area contributed by atoms with Crippen LogP contribution < -0.4 is 10.1 Å². The van der Waals surface area contributed by atoms with Gasteiger partial charge in [0.05, 0.1) is 5.56 Å². The number of alkyl halides is 2. The van der Waals surface area contributed by atoms with Crippen LogP contribution in [0.25, 0.3) is 0 Å². The fourth-order valence-corrected chi connectivity index (χ4v) is 2.18. The average molecular weight is 381 g/mol. The van der Waals surface area contributed by atoms with Crippen LogP contribution in [0.5, 0.6) is 5.75 Å². The summed E-state index contributed by atoms with van der Waals surface area (Å²) in [6, 6.07) is 10.8. The van der Waals surface area contributed by atoms with Gasteiger partial charge in [0.15, 0.2) is 6.10 Å².